The molecule has 0 bridgehead atoms. The molecule has 1 aromatic heterocycles. The van der Waals surface area contributed by atoms with Gasteiger partial charge in [-0.2, -0.15) is 4.98 Å². The van der Waals surface area contributed by atoms with E-state index in [2.05, 4.69) is 32.5 Å². The van der Waals surface area contributed by atoms with E-state index in [0.717, 1.165) is 36.7 Å². The molecule has 1 fully saturated rings. The summed E-state index contributed by atoms with van der Waals surface area (Å²) in [6.07, 6.45) is 2.29. The van der Waals surface area contributed by atoms with Crippen LogP contribution in [0.4, 0.5) is 5.69 Å². The van der Waals surface area contributed by atoms with E-state index in [1.807, 2.05) is 26.2 Å². The van der Waals surface area contributed by atoms with Crippen LogP contribution in [0, 0.1) is 0 Å². The Morgan fingerprint density at radius 2 is 1.91 bits per heavy atom. The molecule has 122 valence electrons. The van der Waals surface area contributed by atoms with E-state index in [-0.39, 0.29) is 24.8 Å². The van der Waals surface area contributed by atoms with Gasteiger partial charge in [-0.3, -0.25) is 0 Å². The normalized spacial score (nSPS) is 17.3. The van der Waals surface area contributed by atoms with Crippen LogP contribution in [0.15, 0.2) is 28.8 Å². The van der Waals surface area contributed by atoms with E-state index in [9.17, 15) is 0 Å². The maximum atomic E-state index is 5.42. The molecule has 1 saturated heterocycles. The Morgan fingerprint density at radius 3 is 2.50 bits per heavy atom. The lowest BCUT2D eigenvalue weighted by atomic mass is 10.00. The Labute approximate surface area is 143 Å². The molecule has 1 aliphatic heterocycles. The second kappa shape index (κ2) is 8.36. The van der Waals surface area contributed by atoms with Crippen molar-refractivity contribution in [3.05, 3.63) is 30.2 Å². The average molecular weight is 345 g/mol. The highest BCUT2D eigenvalue weighted by Gasteiger charge is 2.21. The van der Waals surface area contributed by atoms with Crippen molar-refractivity contribution in [1.82, 2.24) is 15.5 Å². The van der Waals surface area contributed by atoms with Gasteiger partial charge in [0, 0.05) is 31.9 Å². The Kier molecular flexibility index (Phi) is 7.13. The third-order valence-electron chi connectivity index (χ3n) is 3.73. The quantitative estimate of drug-likeness (QED) is 0.926. The van der Waals surface area contributed by atoms with Crippen molar-refractivity contribution in [2.45, 2.75) is 18.8 Å². The number of aromatic nitrogens is 2. The number of nitrogens with zero attached hydrogens (tertiary/aromatic N) is 3. The van der Waals surface area contributed by atoms with Crippen LogP contribution in [0.25, 0.3) is 11.4 Å². The molecule has 0 amide bonds. The summed E-state index contributed by atoms with van der Waals surface area (Å²) in [5.41, 5.74) is 2.16. The number of hydrogen-bond acceptors (Lipinski definition) is 5. The van der Waals surface area contributed by atoms with Crippen LogP contribution in [0.5, 0.6) is 0 Å². The van der Waals surface area contributed by atoms with Gasteiger partial charge < -0.3 is 14.7 Å². The molecule has 1 aliphatic rings. The Hall–Kier alpha value is -1.30. The van der Waals surface area contributed by atoms with Gasteiger partial charge in [-0.1, -0.05) is 5.16 Å². The lowest BCUT2D eigenvalue weighted by molar-refractivity contribution is 0.322. The molecule has 0 spiro atoms. The standard InChI is InChI=1S/C15H20N4O.2ClH/c1-19(2)13-7-5-11(6-8-13)14-17-15(20-18-14)12-4-3-9-16-10-12;;/h5-8,12,16H,3-4,9-10H2,1-2H3;2*1H. The van der Waals surface area contributed by atoms with Crippen LogP contribution in [-0.2, 0) is 0 Å². The molecule has 1 N–H and O–H groups in total. The third kappa shape index (κ3) is 4.12. The second-order valence-corrected chi connectivity index (χ2v) is 5.44. The summed E-state index contributed by atoms with van der Waals surface area (Å²) in [5.74, 6) is 1.78. The Balaban J connectivity index is 0.00000121. The summed E-state index contributed by atoms with van der Waals surface area (Å²) in [5, 5.41) is 7.48. The summed E-state index contributed by atoms with van der Waals surface area (Å²) < 4.78 is 5.42. The van der Waals surface area contributed by atoms with Crippen LogP contribution in [0.1, 0.15) is 24.7 Å². The molecular weight excluding hydrogens is 323 g/mol. The zero-order valence-electron chi connectivity index (χ0n) is 12.8. The van der Waals surface area contributed by atoms with Crippen LogP contribution >= 0.6 is 24.8 Å². The van der Waals surface area contributed by atoms with Gasteiger partial charge in [0.05, 0.1) is 5.92 Å². The summed E-state index contributed by atoms with van der Waals surface area (Å²) in [7, 11) is 4.05. The lowest BCUT2D eigenvalue weighted by Crippen LogP contribution is -2.28. The van der Waals surface area contributed by atoms with Crippen LogP contribution in [-0.4, -0.2) is 37.3 Å². The van der Waals surface area contributed by atoms with E-state index in [4.69, 9.17) is 4.52 Å². The molecule has 1 aromatic carbocycles. The molecule has 1 unspecified atom stereocenters. The Bertz CT molecular complexity index is 565. The van der Waals surface area contributed by atoms with E-state index in [1.165, 1.54) is 6.42 Å². The zero-order chi connectivity index (χ0) is 13.9. The van der Waals surface area contributed by atoms with E-state index in [1.54, 1.807) is 0 Å². The number of anilines is 1. The number of rotatable bonds is 3. The maximum absolute atomic E-state index is 5.42. The second-order valence-electron chi connectivity index (χ2n) is 5.44. The van der Waals surface area contributed by atoms with Crippen LogP contribution in [0.2, 0.25) is 0 Å². The van der Waals surface area contributed by atoms with Crippen molar-refractivity contribution in [1.29, 1.82) is 0 Å². The number of piperidine rings is 1. The van der Waals surface area contributed by atoms with Crippen molar-refractivity contribution < 1.29 is 4.52 Å². The minimum Gasteiger partial charge on any atom is -0.378 e. The highest BCUT2D eigenvalue weighted by Crippen LogP contribution is 2.25. The van der Waals surface area contributed by atoms with Gasteiger partial charge in [-0.05, 0) is 43.7 Å². The van der Waals surface area contributed by atoms with E-state index >= 15 is 0 Å². The molecule has 0 radical (unpaired) electrons. The first-order valence-electron chi connectivity index (χ1n) is 7.06. The molecule has 1 atom stereocenters. The zero-order valence-corrected chi connectivity index (χ0v) is 14.4. The Morgan fingerprint density at radius 1 is 1.18 bits per heavy atom. The molecule has 0 saturated carbocycles. The van der Waals surface area contributed by atoms with Crippen molar-refractivity contribution in [2.24, 2.45) is 0 Å². The fourth-order valence-electron chi connectivity index (χ4n) is 2.49. The lowest BCUT2D eigenvalue weighted by Gasteiger charge is -2.18. The average Bonchev–Trinajstić information content (AvgIpc) is 2.98. The topological polar surface area (TPSA) is 54.2 Å². The number of halogens is 2. The van der Waals surface area contributed by atoms with Gasteiger partial charge in [0.2, 0.25) is 11.7 Å². The predicted octanol–water partition coefficient (Wildman–Crippen LogP) is 3.11. The highest BCUT2D eigenvalue weighted by atomic mass is 35.5. The molecule has 3 rings (SSSR count). The molecule has 2 aromatic rings. The fourth-order valence-corrected chi connectivity index (χ4v) is 2.49. The van der Waals surface area contributed by atoms with Crippen molar-refractivity contribution >= 4 is 30.5 Å². The SMILES string of the molecule is CN(C)c1ccc(-c2noc(C3CCCNC3)n2)cc1.Cl.Cl. The fraction of sp³-hybridized carbons (Fsp3) is 0.467. The van der Waals surface area contributed by atoms with Crippen molar-refractivity contribution in [3.8, 4) is 11.4 Å². The minimum absolute atomic E-state index is 0. The highest BCUT2D eigenvalue weighted by molar-refractivity contribution is 5.85. The number of benzene rings is 1. The summed E-state index contributed by atoms with van der Waals surface area (Å²) in [6, 6.07) is 8.19. The summed E-state index contributed by atoms with van der Waals surface area (Å²) >= 11 is 0. The van der Waals surface area contributed by atoms with Crippen molar-refractivity contribution in [2.75, 3.05) is 32.1 Å². The largest absolute Gasteiger partial charge is 0.378 e. The molecule has 7 heteroatoms. The first-order chi connectivity index (χ1) is 9.74. The van der Waals surface area contributed by atoms with E-state index in [0.29, 0.717) is 11.7 Å². The molecular formula is C15H22Cl2N4O. The van der Waals surface area contributed by atoms with Crippen molar-refractivity contribution in [3.63, 3.8) is 0 Å². The van der Waals surface area contributed by atoms with Gasteiger partial charge in [-0.25, -0.2) is 0 Å². The molecule has 22 heavy (non-hydrogen) atoms. The smallest absolute Gasteiger partial charge is 0.231 e. The monoisotopic (exact) mass is 344 g/mol. The van der Waals surface area contributed by atoms with Crippen LogP contribution < -0.4 is 10.2 Å². The minimum atomic E-state index is 0. The summed E-state index contributed by atoms with van der Waals surface area (Å²) in [6.45, 7) is 2.02. The van der Waals surface area contributed by atoms with Gasteiger partial charge in [-0.15, -0.1) is 24.8 Å². The molecule has 2 heterocycles. The summed E-state index contributed by atoms with van der Waals surface area (Å²) in [4.78, 5) is 6.62. The van der Waals surface area contributed by atoms with Gasteiger partial charge in [0.25, 0.3) is 0 Å². The maximum Gasteiger partial charge on any atom is 0.231 e. The van der Waals surface area contributed by atoms with Crippen LogP contribution in [0.3, 0.4) is 0 Å². The van der Waals surface area contributed by atoms with E-state index < -0.39 is 0 Å². The predicted molar refractivity (Wildman–Crippen MR) is 93.4 cm³/mol. The number of hydrogen-bond donors (Lipinski definition) is 1. The third-order valence-corrected chi connectivity index (χ3v) is 3.73. The van der Waals surface area contributed by atoms with Gasteiger partial charge >= 0.3 is 0 Å². The number of nitrogens with one attached hydrogen (secondary N) is 1. The first-order valence-corrected chi connectivity index (χ1v) is 7.06. The van der Waals surface area contributed by atoms with Gasteiger partial charge in [0.15, 0.2) is 0 Å². The molecule has 0 aliphatic carbocycles. The first kappa shape index (κ1) is 18.7. The van der Waals surface area contributed by atoms with Gasteiger partial charge in [0.1, 0.15) is 0 Å². The molecule has 5 nitrogen and oxygen atoms in total.